The molecule has 0 saturated carbocycles. The highest BCUT2D eigenvalue weighted by atomic mass is 19.1. The Morgan fingerprint density at radius 1 is 1.19 bits per heavy atom. The second kappa shape index (κ2) is 7.54. The van der Waals surface area contributed by atoms with Crippen molar-refractivity contribution in [2.75, 3.05) is 37.0 Å². The summed E-state index contributed by atoms with van der Waals surface area (Å²) < 4.78 is 18.9. The number of methoxy groups -OCH3 is 1. The fourth-order valence-corrected chi connectivity index (χ4v) is 3.74. The lowest BCUT2D eigenvalue weighted by Gasteiger charge is -2.21. The summed E-state index contributed by atoms with van der Waals surface area (Å²) in [6.07, 6.45) is 0.663. The number of ether oxygens (including phenoxy) is 1. The molecule has 1 atom stereocenters. The average molecular weight is 370 g/mol. The van der Waals surface area contributed by atoms with Gasteiger partial charge in [-0.25, -0.2) is 4.39 Å². The van der Waals surface area contributed by atoms with Crippen LogP contribution in [-0.4, -0.2) is 38.7 Å². The Hall–Kier alpha value is -2.64. The third-order valence-corrected chi connectivity index (χ3v) is 5.16. The van der Waals surface area contributed by atoms with Gasteiger partial charge in [0, 0.05) is 43.0 Å². The van der Waals surface area contributed by atoms with Gasteiger partial charge in [0.15, 0.2) is 0 Å². The van der Waals surface area contributed by atoms with Crippen molar-refractivity contribution >= 4 is 17.3 Å². The minimum Gasteiger partial charge on any atom is -0.496 e. The van der Waals surface area contributed by atoms with Gasteiger partial charge in [0.1, 0.15) is 17.6 Å². The first-order valence-corrected chi connectivity index (χ1v) is 9.13. The second-order valence-corrected chi connectivity index (χ2v) is 6.87. The number of carbonyl (C=O) groups is 1. The van der Waals surface area contributed by atoms with E-state index in [-0.39, 0.29) is 17.8 Å². The monoisotopic (exact) mass is 370 g/mol. The third-order valence-electron chi connectivity index (χ3n) is 5.16. The van der Waals surface area contributed by atoms with Gasteiger partial charge in [-0.2, -0.15) is 0 Å². The van der Waals surface area contributed by atoms with Gasteiger partial charge in [0.2, 0.25) is 5.91 Å². The van der Waals surface area contributed by atoms with E-state index in [0.29, 0.717) is 24.6 Å². The van der Waals surface area contributed by atoms with E-state index in [1.165, 1.54) is 12.1 Å². The number of halogens is 1. The minimum absolute atomic E-state index is 0.0155. The highest BCUT2D eigenvalue weighted by Crippen LogP contribution is 2.33. The topological polar surface area (TPSA) is 65.6 Å². The van der Waals surface area contributed by atoms with Crippen molar-refractivity contribution in [1.29, 1.82) is 0 Å². The molecule has 2 aromatic carbocycles. The molecular formula is C20H23FN4O2. The van der Waals surface area contributed by atoms with Crippen LogP contribution in [0, 0.1) is 5.82 Å². The van der Waals surface area contributed by atoms with Gasteiger partial charge in [-0.05, 0) is 36.2 Å². The van der Waals surface area contributed by atoms with Crippen molar-refractivity contribution in [3.8, 4) is 5.75 Å². The van der Waals surface area contributed by atoms with Crippen molar-refractivity contribution in [3.63, 3.8) is 0 Å². The number of anilines is 2. The Labute approximate surface area is 157 Å². The predicted octanol–water partition coefficient (Wildman–Crippen LogP) is 2.24. The normalized spacial score (nSPS) is 20.3. The van der Waals surface area contributed by atoms with Crippen molar-refractivity contribution in [1.82, 2.24) is 10.9 Å². The maximum Gasteiger partial charge on any atom is 0.249 e. The molecule has 2 aliphatic heterocycles. The first-order chi connectivity index (χ1) is 13.2. The second-order valence-electron chi connectivity index (χ2n) is 6.87. The lowest BCUT2D eigenvalue weighted by molar-refractivity contribution is -0.117. The largest absolute Gasteiger partial charge is 0.496 e. The molecule has 2 fully saturated rings. The number of rotatable bonds is 5. The number of carbonyl (C=O) groups excluding carboxylic acids is 1. The van der Waals surface area contributed by atoms with Gasteiger partial charge in [0.25, 0.3) is 0 Å². The van der Waals surface area contributed by atoms with Crippen LogP contribution in [0.5, 0.6) is 5.75 Å². The molecule has 1 unspecified atom stereocenters. The van der Waals surface area contributed by atoms with Crippen LogP contribution in [0.15, 0.2) is 42.5 Å². The van der Waals surface area contributed by atoms with Gasteiger partial charge < -0.3 is 15.0 Å². The maximum atomic E-state index is 13.4. The summed E-state index contributed by atoms with van der Waals surface area (Å²) in [5.74, 6) is 0.791. The smallest absolute Gasteiger partial charge is 0.249 e. The van der Waals surface area contributed by atoms with Crippen LogP contribution in [0.3, 0.4) is 0 Å². The predicted molar refractivity (Wildman–Crippen MR) is 103 cm³/mol. The lowest BCUT2D eigenvalue weighted by atomic mass is 9.98. The standard InChI is InChI=1S/C20H23FN4O2/c1-27-19-10-16(5-6-17(19)13-11-22-23-12-13)25-8-7-18(20(25)26)24-15-4-2-3-14(21)9-15/h2-6,9-10,13,18,22-24H,7-8,11-12H2,1H3. The van der Waals surface area contributed by atoms with Gasteiger partial charge in [-0.3, -0.25) is 15.6 Å². The third kappa shape index (κ3) is 3.61. The molecule has 0 bridgehead atoms. The van der Waals surface area contributed by atoms with Crippen LogP contribution < -0.4 is 25.8 Å². The van der Waals surface area contributed by atoms with E-state index in [2.05, 4.69) is 16.2 Å². The highest BCUT2D eigenvalue weighted by molar-refractivity contribution is 6.01. The quantitative estimate of drug-likeness (QED) is 0.753. The lowest BCUT2D eigenvalue weighted by Crippen LogP contribution is -2.33. The maximum absolute atomic E-state index is 13.4. The van der Waals surface area contributed by atoms with Crippen molar-refractivity contribution in [3.05, 3.63) is 53.8 Å². The molecule has 7 heteroatoms. The molecule has 2 aliphatic rings. The Balaban J connectivity index is 1.51. The number of nitrogens with one attached hydrogen (secondary N) is 3. The van der Waals surface area contributed by atoms with Crippen LogP contribution in [-0.2, 0) is 4.79 Å². The molecule has 6 nitrogen and oxygen atoms in total. The van der Waals surface area contributed by atoms with Crippen LogP contribution in [0.2, 0.25) is 0 Å². The van der Waals surface area contributed by atoms with Gasteiger partial charge in [-0.1, -0.05) is 12.1 Å². The number of hydrogen-bond donors (Lipinski definition) is 3. The van der Waals surface area contributed by atoms with Crippen LogP contribution >= 0.6 is 0 Å². The van der Waals surface area contributed by atoms with E-state index in [4.69, 9.17) is 4.74 Å². The SMILES string of the molecule is COc1cc(N2CCC(Nc3cccc(F)c3)C2=O)ccc1C1CNNC1. The molecule has 0 radical (unpaired) electrons. The van der Waals surface area contributed by atoms with Crippen LogP contribution in [0.25, 0.3) is 0 Å². The number of nitrogens with zero attached hydrogens (tertiary/aromatic N) is 1. The summed E-state index contributed by atoms with van der Waals surface area (Å²) in [4.78, 5) is 14.6. The van der Waals surface area contributed by atoms with E-state index in [1.54, 1.807) is 24.1 Å². The Kier molecular flexibility index (Phi) is 4.96. The number of benzene rings is 2. The van der Waals surface area contributed by atoms with E-state index in [9.17, 15) is 9.18 Å². The zero-order valence-electron chi connectivity index (χ0n) is 15.2. The fourth-order valence-electron chi connectivity index (χ4n) is 3.74. The van der Waals surface area contributed by atoms with Crippen molar-refractivity contribution < 1.29 is 13.9 Å². The molecular weight excluding hydrogens is 347 g/mol. The number of amides is 1. The van der Waals surface area contributed by atoms with Gasteiger partial charge in [-0.15, -0.1) is 0 Å². The first kappa shape index (κ1) is 17.8. The van der Waals surface area contributed by atoms with Gasteiger partial charge >= 0.3 is 0 Å². The first-order valence-electron chi connectivity index (χ1n) is 9.13. The molecule has 142 valence electrons. The highest BCUT2D eigenvalue weighted by Gasteiger charge is 2.33. The molecule has 2 heterocycles. The van der Waals surface area contributed by atoms with E-state index in [0.717, 1.165) is 30.1 Å². The molecule has 27 heavy (non-hydrogen) atoms. The van der Waals surface area contributed by atoms with Crippen molar-refractivity contribution in [2.24, 2.45) is 0 Å². The number of hydrogen-bond acceptors (Lipinski definition) is 5. The van der Waals surface area contributed by atoms with E-state index < -0.39 is 0 Å². The Bertz CT molecular complexity index is 838. The molecule has 0 spiro atoms. The minimum atomic E-state index is -0.360. The molecule has 1 amide bonds. The molecule has 2 aromatic rings. The molecule has 0 aromatic heterocycles. The van der Waals surface area contributed by atoms with E-state index in [1.807, 2.05) is 18.2 Å². The Morgan fingerprint density at radius 2 is 2.00 bits per heavy atom. The summed E-state index contributed by atoms with van der Waals surface area (Å²) in [7, 11) is 1.65. The molecule has 3 N–H and O–H groups in total. The molecule has 2 saturated heterocycles. The summed E-state index contributed by atoms with van der Waals surface area (Å²) in [6, 6.07) is 11.8. The summed E-state index contributed by atoms with van der Waals surface area (Å²) in [6.45, 7) is 2.30. The zero-order valence-corrected chi connectivity index (χ0v) is 15.2. The molecule has 0 aliphatic carbocycles. The Morgan fingerprint density at radius 3 is 2.74 bits per heavy atom. The average Bonchev–Trinajstić information content (AvgIpc) is 3.32. The van der Waals surface area contributed by atoms with Crippen LogP contribution in [0.1, 0.15) is 17.9 Å². The summed E-state index contributed by atoms with van der Waals surface area (Å²) in [5, 5.41) is 3.14. The molecule has 4 rings (SSSR count). The van der Waals surface area contributed by atoms with Crippen LogP contribution in [0.4, 0.5) is 15.8 Å². The summed E-state index contributed by atoms with van der Waals surface area (Å²) in [5.41, 5.74) is 8.82. The fraction of sp³-hybridized carbons (Fsp3) is 0.350. The van der Waals surface area contributed by atoms with Gasteiger partial charge in [0.05, 0.1) is 7.11 Å². The zero-order chi connectivity index (χ0) is 18.8. The number of hydrazine groups is 1. The van der Waals surface area contributed by atoms with Crippen molar-refractivity contribution in [2.45, 2.75) is 18.4 Å². The summed E-state index contributed by atoms with van der Waals surface area (Å²) >= 11 is 0. The van der Waals surface area contributed by atoms with E-state index >= 15 is 0 Å².